The first-order valence-electron chi connectivity index (χ1n) is 8.87. The van der Waals surface area contributed by atoms with Gasteiger partial charge in [-0.2, -0.15) is 0 Å². The van der Waals surface area contributed by atoms with Crippen molar-refractivity contribution < 1.29 is 23.7 Å². The van der Waals surface area contributed by atoms with Crippen molar-refractivity contribution in [3.05, 3.63) is 41.5 Å². The van der Waals surface area contributed by atoms with Gasteiger partial charge in [-0.1, -0.05) is 12.1 Å². The van der Waals surface area contributed by atoms with E-state index >= 15 is 0 Å². The van der Waals surface area contributed by atoms with E-state index in [0.717, 1.165) is 11.1 Å². The van der Waals surface area contributed by atoms with Gasteiger partial charge in [-0.3, -0.25) is 4.79 Å². The van der Waals surface area contributed by atoms with E-state index in [1.807, 2.05) is 38.1 Å². The highest BCUT2D eigenvalue weighted by Gasteiger charge is 2.31. The summed E-state index contributed by atoms with van der Waals surface area (Å²) >= 11 is 0. The standard InChI is InChI=1S/C21H25NO5/c1-12(2)27-21-13(7-6-8-17(21)24-3)14-10-20(23)22-16-11-19(26-5)18(25-4)9-15(14)16/h6-9,11-12,14H,10H2,1-5H3,(H,22,23). The lowest BCUT2D eigenvalue weighted by molar-refractivity contribution is -0.116. The van der Waals surface area contributed by atoms with E-state index in [2.05, 4.69) is 5.32 Å². The number of benzene rings is 2. The first-order chi connectivity index (χ1) is 13.0. The summed E-state index contributed by atoms with van der Waals surface area (Å²) in [5.74, 6) is 2.26. The van der Waals surface area contributed by atoms with E-state index in [4.69, 9.17) is 18.9 Å². The average Bonchev–Trinajstić information content (AvgIpc) is 2.66. The molecule has 3 rings (SSSR count). The Morgan fingerprint density at radius 1 is 0.963 bits per heavy atom. The lowest BCUT2D eigenvalue weighted by Gasteiger charge is -2.29. The molecule has 27 heavy (non-hydrogen) atoms. The van der Waals surface area contributed by atoms with Gasteiger partial charge in [0.05, 0.1) is 27.4 Å². The number of para-hydroxylation sites is 1. The Morgan fingerprint density at radius 3 is 2.26 bits per heavy atom. The zero-order chi connectivity index (χ0) is 19.6. The fourth-order valence-electron chi connectivity index (χ4n) is 3.40. The van der Waals surface area contributed by atoms with Gasteiger partial charge in [-0.15, -0.1) is 0 Å². The predicted octanol–water partition coefficient (Wildman–Crippen LogP) is 3.97. The fourth-order valence-corrected chi connectivity index (χ4v) is 3.40. The van der Waals surface area contributed by atoms with Gasteiger partial charge in [-0.05, 0) is 31.5 Å². The quantitative estimate of drug-likeness (QED) is 0.832. The van der Waals surface area contributed by atoms with Crippen molar-refractivity contribution in [3.8, 4) is 23.0 Å². The summed E-state index contributed by atoms with van der Waals surface area (Å²) in [5, 5.41) is 2.93. The highest BCUT2D eigenvalue weighted by Crippen LogP contribution is 2.47. The lowest BCUT2D eigenvalue weighted by atomic mass is 9.84. The summed E-state index contributed by atoms with van der Waals surface area (Å²) in [5.41, 5.74) is 2.58. The molecule has 0 saturated heterocycles. The molecule has 0 aromatic heterocycles. The van der Waals surface area contributed by atoms with Gasteiger partial charge >= 0.3 is 0 Å². The van der Waals surface area contributed by atoms with Crippen LogP contribution in [0.1, 0.15) is 37.3 Å². The van der Waals surface area contributed by atoms with Crippen LogP contribution in [0.5, 0.6) is 23.0 Å². The summed E-state index contributed by atoms with van der Waals surface area (Å²) in [6, 6.07) is 9.45. The molecule has 1 aliphatic rings. The van der Waals surface area contributed by atoms with Crippen molar-refractivity contribution in [2.45, 2.75) is 32.3 Å². The van der Waals surface area contributed by atoms with E-state index in [1.165, 1.54) is 0 Å². The fraction of sp³-hybridized carbons (Fsp3) is 0.381. The number of hydrogen-bond donors (Lipinski definition) is 1. The molecule has 0 bridgehead atoms. The third kappa shape index (κ3) is 3.65. The van der Waals surface area contributed by atoms with E-state index in [9.17, 15) is 4.79 Å². The second kappa shape index (κ2) is 7.78. The van der Waals surface area contributed by atoms with E-state index in [1.54, 1.807) is 27.4 Å². The Morgan fingerprint density at radius 2 is 1.63 bits per heavy atom. The maximum atomic E-state index is 12.4. The van der Waals surface area contributed by atoms with Gasteiger partial charge in [-0.25, -0.2) is 0 Å². The molecule has 1 unspecified atom stereocenters. The van der Waals surface area contributed by atoms with Crippen LogP contribution in [0.3, 0.4) is 0 Å². The number of fused-ring (bicyclic) bond motifs is 1. The molecule has 1 N–H and O–H groups in total. The third-order valence-corrected chi connectivity index (χ3v) is 4.55. The molecular weight excluding hydrogens is 346 g/mol. The summed E-state index contributed by atoms with van der Waals surface area (Å²) in [6.07, 6.45) is 0.284. The number of carbonyl (C=O) groups excluding carboxylic acids is 1. The summed E-state index contributed by atoms with van der Waals surface area (Å²) < 4.78 is 22.4. The van der Waals surface area contributed by atoms with Crippen LogP contribution < -0.4 is 24.3 Å². The van der Waals surface area contributed by atoms with Crippen LogP contribution in [0.25, 0.3) is 0 Å². The molecule has 0 spiro atoms. The summed E-state index contributed by atoms with van der Waals surface area (Å²) in [6.45, 7) is 3.93. The molecule has 1 atom stereocenters. The highest BCUT2D eigenvalue weighted by molar-refractivity contribution is 5.96. The van der Waals surface area contributed by atoms with Gasteiger partial charge in [0.15, 0.2) is 23.0 Å². The molecule has 144 valence electrons. The first-order valence-corrected chi connectivity index (χ1v) is 8.87. The van der Waals surface area contributed by atoms with Crippen molar-refractivity contribution >= 4 is 11.6 Å². The van der Waals surface area contributed by atoms with Crippen molar-refractivity contribution in [2.24, 2.45) is 0 Å². The van der Waals surface area contributed by atoms with Gasteiger partial charge in [0.2, 0.25) is 5.91 Å². The molecule has 6 nitrogen and oxygen atoms in total. The van der Waals surface area contributed by atoms with Crippen molar-refractivity contribution in [3.63, 3.8) is 0 Å². The molecule has 1 heterocycles. The Labute approximate surface area is 159 Å². The Hall–Kier alpha value is -2.89. The molecule has 0 fully saturated rings. The van der Waals surface area contributed by atoms with Crippen LogP contribution in [0.4, 0.5) is 5.69 Å². The number of rotatable bonds is 6. The molecule has 0 saturated carbocycles. The Bertz CT molecular complexity index is 847. The summed E-state index contributed by atoms with van der Waals surface area (Å²) in [4.78, 5) is 12.4. The van der Waals surface area contributed by atoms with Gasteiger partial charge in [0.1, 0.15) is 0 Å². The second-order valence-electron chi connectivity index (χ2n) is 6.64. The van der Waals surface area contributed by atoms with Crippen molar-refractivity contribution in [2.75, 3.05) is 26.6 Å². The van der Waals surface area contributed by atoms with Gasteiger partial charge in [0, 0.05) is 29.7 Å². The number of amides is 1. The smallest absolute Gasteiger partial charge is 0.225 e. The normalized spacial score (nSPS) is 15.8. The number of methoxy groups -OCH3 is 3. The largest absolute Gasteiger partial charge is 0.493 e. The maximum absolute atomic E-state index is 12.4. The molecule has 0 radical (unpaired) electrons. The van der Waals surface area contributed by atoms with Crippen LogP contribution >= 0.6 is 0 Å². The van der Waals surface area contributed by atoms with Crippen molar-refractivity contribution in [1.29, 1.82) is 0 Å². The minimum absolute atomic E-state index is 0.0256. The zero-order valence-electron chi connectivity index (χ0n) is 16.3. The topological polar surface area (TPSA) is 66.0 Å². The third-order valence-electron chi connectivity index (χ3n) is 4.55. The molecular formula is C21H25NO5. The van der Waals surface area contributed by atoms with E-state index < -0.39 is 0 Å². The molecule has 6 heteroatoms. The van der Waals surface area contributed by atoms with Crippen LogP contribution in [0.2, 0.25) is 0 Å². The molecule has 1 amide bonds. The van der Waals surface area contributed by atoms with Gasteiger partial charge < -0.3 is 24.3 Å². The Kier molecular flexibility index (Phi) is 5.44. The number of anilines is 1. The SMILES string of the molecule is COc1cc2c(cc1OC)C(c1cccc(OC)c1OC(C)C)CC(=O)N2. The maximum Gasteiger partial charge on any atom is 0.225 e. The molecule has 0 aliphatic carbocycles. The Balaban J connectivity index is 2.18. The first kappa shape index (κ1) is 18.9. The minimum Gasteiger partial charge on any atom is -0.493 e. The van der Waals surface area contributed by atoms with Gasteiger partial charge in [0.25, 0.3) is 0 Å². The summed E-state index contributed by atoms with van der Waals surface area (Å²) in [7, 11) is 4.78. The molecule has 1 aliphatic heterocycles. The zero-order valence-corrected chi connectivity index (χ0v) is 16.3. The molecule has 2 aromatic carbocycles. The van der Waals surface area contributed by atoms with Crippen LogP contribution in [0, 0.1) is 0 Å². The van der Waals surface area contributed by atoms with Crippen LogP contribution in [-0.4, -0.2) is 33.3 Å². The average molecular weight is 371 g/mol. The van der Waals surface area contributed by atoms with E-state index in [-0.39, 0.29) is 17.9 Å². The predicted molar refractivity (Wildman–Crippen MR) is 103 cm³/mol. The minimum atomic E-state index is -0.183. The number of carbonyl (C=O) groups is 1. The van der Waals surface area contributed by atoms with Crippen LogP contribution in [0.15, 0.2) is 30.3 Å². The number of nitrogens with one attached hydrogen (secondary N) is 1. The lowest BCUT2D eigenvalue weighted by Crippen LogP contribution is -2.24. The molecule has 2 aromatic rings. The van der Waals surface area contributed by atoms with Crippen LogP contribution in [-0.2, 0) is 4.79 Å². The number of hydrogen-bond acceptors (Lipinski definition) is 5. The highest BCUT2D eigenvalue weighted by atomic mass is 16.5. The second-order valence-corrected chi connectivity index (χ2v) is 6.64. The van der Waals surface area contributed by atoms with E-state index in [0.29, 0.717) is 35.1 Å². The van der Waals surface area contributed by atoms with Crippen molar-refractivity contribution in [1.82, 2.24) is 0 Å². The number of ether oxygens (including phenoxy) is 4. The monoisotopic (exact) mass is 371 g/mol.